The summed E-state index contributed by atoms with van der Waals surface area (Å²) < 4.78 is 19.1. The van der Waals surface area contributed by atoms with Crippen molar-refractivity contribution in [1.82, 2.24) is 5.32 Å². The third kappa shape index (κ3) is 2.01. The van der Waals surface area contributed by atoms with Gasteiger partial charge in [0.05, 0.1) is 6.61 Å². The van der Waals surface area contributed by atoms with Crippen LogP contribution < -0.4 is 10.1 Å². The molecular weight excluding hydrogens is 229 g/mol. The molecule has 1 atom stereocenters. The summed E-state index contributed by atoms with van der Waals surface area (Å²) >= 11 is 0. The van der Waals surface area contributed by atoms with Crippen LogP contribution in [0.25, 0.3) is 0 Å². The monoisotopic (exact) mass is 249 g/mol. The van der Waals surface area contributed by atoms with Crippen LogP contribution in [0.2, 0.25) is 0 Å². The molecule has 2 aliphatic rings. The largest absolute Gasteiger partial charge is 0.491 e. The van der Waals surface area contributed by atoms with E-state index < -0.39 is 0 Å². The molecule has 0 radical (unpaired) electrons. The maximum Gasteiger partial charge on any atom is 0.165 e. The van der Waals surface area contributed by atoms with Gasteiger partial charge in [-0.15, -0.1) is 0 Å². The van der Waals surface area contributed by atoms with Crippen LogP contribution in [0.15, 0.2) is 18.2 Å². The first-order valence-electron chi connectivity index (χ1n) is 6.85. The van der Waals surface area contributed by atoms with Crippen LogP contribution in [0.3, 0.4) is 0 Å². The van der Waals surface area contributed by atoms with Crippen molar-refractivity contribution < 1.29 is 9.13 Å². The van der Waals surface area contributed by atoms with Crippen LogP contribution in [0.4, 0.5) is 4.39 Å². The van der Waals surface area contributed by atoms with Crippen molar-refractivity contribution in [1.29, 1.82) is 0 Å². The van der Waals surface area contributed by atoms with Gasteiger partial charge >= 0.3 is 0 Å². The Morgan fingerprint density at radius 2 is 2.28 bits per heavy atom. The molecular formula is C15H20FNO. The van der Waals surface area contributed by atoms with Gasteiger partial charge in [0.1, 0.15) is 0 Å². The maximum absolute atomic E-state index is 13.8. The summed E-state index contributed by atoms with van der Waals surface area (Å²) in [6, 6.07) is 5.48. The second-order valence-corrected chi connectivity index (χ2v) is 5.67. The molecule has 2 fully saturated rings. The van der Waals surface area contributed by atoms with E-state index in [1.807, 2.05) is 13.0 Å². The molecule has 1 N–H and O–H groups in total. The van der Waals surface area contributed by atoms with E-state index in [0.29, 0.717) is 23.7 Å². The average molecular weight is 249 g/mol. The lowest BCUT2D eigenvalue weighted by molar-refractivity contribution is 0.175. The minimum Gasteiger partial charge on any atom is -0.491 e. The molecule has 1 unspecified atom stereocenters. The molecule has 2 nitrogen and oxygen atoms in total. The number of benzene rings is 1. The number of nitrogens with one attached hydrogen (secondary N) is 1. The third-order valence-electron chi connectivity index (χ3n) is 4.43. The Balaban J connectivity index is 1.75. The smallest absolute Gasteiger partial charge is 0.165 e. The van der Waals surface area contributed by atoms with E-state index >= 15 is 0 Å². The van der Waals surface area contributed by atoms with Gasteiger partial charge in [0.15, 0.2) is 11.6 Å². The molecule has 1 heterocycles. The first-order valence-corrected chi connectivity index (χ1v) is 6.85. The van der Waals surface area contributed by atoms with Crippen LogP contribution in [-0.2, 0) is 0 Å². The molecule has 1 aliphatic carbocycles. The summed E-state index contributed by atoms with van der Waals surface area (Å²) in [5, 5.41) is 3.36. The lowest BCUT2D eigenvalue weighted by atomic mass is 9.79. The minimum absolute atomic E-state index is 0.220. The Hall–Kier alpha value is -1.09. The summed E-state index contributed by atoms with van der Waals surface area (Å²) in [6.07, 6.45) is 3.67. The van der Waals surface area contributed by atoms with Crippen molar-refractivity contribution in [3.05, 3.63) is 29.6 Å². The number of hydrogen-bond donors (Lipinski definition) is 1. The van der Waals surface area contributed by atoms with E-state index in [0.717, 1.165) is 18.7 Å². The van der Waals surface area contributed by atoms with Gasteiger partial charge in [0.25, 0.3) is 0 Å². The molecule has 1 aromatic rings. The van der Waals surface area contributed by atoms with Gasteiger partial charge in [-0.25, -0.2) is 4.39 Å². The van der Waals surface area contributed by atoms with Gasteiger partial charge in [-0.1, -0.05) is 6.07 Å². The molecule has 1 aliphatic heterocycles. The van der Waals surface area contributed by atoms with Crippen molar-refractivity contribution in [2.45, 2.75) is 32.1 Å². The molecule has 1 saturated heterocycles. The molecule has 3 heteroatoms. The predicted molar refractivity (Wildman–Crippen MR) is 69.5 cm³/mol. The van der Waals surface area contributed by atoms with Gasteiger partial charge in [-0.05, 0) is 55.2 Å². The molecule has 1 aromatic carbocycles. The first kappa shape index (κ1) is 12.0. The van der Waals surface area contributed by atoms with Crippen molar-refractivity contribution in [2.75, 3.05) is 19.7 Å². The third-order valence-corrected chi connectivity index (χ3v) is 4.43. The standard InChI is InChI=1S/C15H20FNO/c1-2-18-14-4-3-11(7-13(14)16)12-5-6-15(8-12)9-17-10-15/h3-4,7,12,17H,2,5-6,8-10H2,1H3. The molecule has 18 heavy (non-hydrogen) atoms. The number of hydrogen-bond acceptors (Lipinski definition) is 2. The minimum atomic E-state index is -0.220. The lowest BCUT2D eigenvalue weighted by Crippen LogP contribution is -2.51. The van der Waals surface area contributed by atoms with Crippen molar-refractivity contribution in [3.8, 4) is 5.75 Å². The lowest BCUT2D eigenvalue weighted by Gasteiger charge is -2.39. The van der Waals surface area contributed by atoms with Gasteiger partial charge < -0.3 is 10.1 Å². The zero-order valence-corrected chi connectivity index (χ0v) is 10.8. The number of ether oxygens (including phenoxy) is 1. The SMILES string of the molecule is CCOc1ccc(C2CCC3(CNC3)C2)cc1F. The Morgan fingerprint density at radius 3 is 2.83 bits per heavy atom. The second-order valence-electron chi connectivity index (χ2n) is 5.67. The maximum atomic E-state index is 13.8. The van der Waals surface area contributed by atoms with Crippen molar-refractivity contribution in [3.63, 3.8) is 0 Å². The number of halogens is 1. The molecule has 3 rings (SSSR count). The van der Waals surface area contributed by atoms with E-state index in [-0.39, 0.29) is 5.82 Å². The molecule has 0 amide bonds. The highest BCUT2D eigenvalue weighted by Crippen LogP contribution is 2.49. The Bertz CT molecular complexity index is 442. The summed E-state index contributed by atoms with van der Waals surface area (Å²) in [6.45, 7) is 4.66. The van der Waals surface area contributed by atoms with Crippen LogP contribution in [-0.4, -0.2) is 19.7 Å². The van der Waals surface area contributed by atoms with E-state index in [9.17, 15) is 4.39 Å². The van der Waals surface area contributed by atoms with Crippen LogP contribution in [0, 0.1) is 11.2 Å². The van der Waals surface area contributed by atoms with Gasteiger partial charge in [-0.2, -0.15) is 0 Å². The quantitative estimate of drug-likeness (QED) is 0.889. The molecule has 1 spiro atoms. The summed E-state index contributed by atoms with van der Waals surface area (Å²) in [4.78, 5) is 0. The summed E-state index contributed by atoms with van der Waals surface area (Å²) in [5.41, 5.74) is 1.65. The highest BCUT2D eigenvalue weighted by atomic mass is 19.1. The van der Waals surface area contributed by atoms with E-state index in [4.69, 9.17) is 4.74 Å². The summed E-state index contributed by atoms with van der Waals surface area (Å²) in [7, 11) is 0. The van der Waals surface area contributed by atoms with Gasteiger partial charge in [0.2, 0.25) is 0 Å². The molecule has 1 saturated carbocycles. The molecule has 0 aromatic heterocycles. The zero-order chi connectivity index (χ0) is 12.6. The molecule has 98 valence electrons. The van der Waals surface area contributed by atoms with Crippen LogP contribution in [0.1, 0.15) is 37.7 Å². The Kier molecular flexibility index (Phi) is 3.02. The Labute approximate surface area is 108 Å². The normalized spacial score (nSPS) is 25.1. The highest BCUT2D eigenvalue weighted by molar-refractivity contribution is 5.32. The fourth-order valence-electron chi connectivity index (χ4n) is 3.34. The highest BCUT2D eigenvalue weighted by Gasteiger charge is 2.43. The fourth-order valence-corrected chi connectivity index (χ4v) is 3.34. The van der Waals surface area contributed by atoms with Crippen molar-refractivity contribution >= 4 is 0 Å². The molecule has 0 bridgehead atoms. The predicted octanol–water partition coefficient (Wildman–Crippen LogP) is 3.08. The van der Waals surface area contributed by atoms with Gasteiger partial charge in [-0.3, -0.25) is 0 Å². The van der Waals surface area contributed by atoms with Gasteiger partial charge in [0, 0.05) is 13.1 Å². The van der Waals surface area contributed by atoms with E-state index in [1.54, 1.807) is 12.1 Å². The van der Waals surface area contributed by atoms with Crippen LogP contribution in [0.5, 0.6) is 5.75 Å². The first-order chi connectivity index (χ1) is 8.72. The number of rotatable bonds is 3. The van der Waals surface area contributed by atoms with E-state index in [2.05, 4.69) is 5.32 Å². The van der Waals surface area contributed by atoms with E-state index in [1.165, 1.54) is 19.3 Å². The second kappa shape index (κ2) is 4.54. The zero-order valence-electron chi connectivity index (χ0n) is 10.8. The fraction of sp³-hybridized carbons (Fsp3) is 0.600. The van der Waals surface area contributed by atoms with Crippen molar-refractivity contribution in [2.24, 2.45) is 5.41 Å². The average Bonchev–Trinajstić information content (AvgIpc) is 2.77. The summed E-state index contributed by atoms with van der Waals surface area (Å²) in [5.74, 6) is 0.679. The Morgan fingerprint density at radius 1 is 1.44 bits per heavy atom. The van der Waals surface area contributed by atoms with Crippen LogP contribution >= 0.6 is 0 Å². The topological polar surface area (TPSA) is 21.3 Å².